The molecule has 0 saturated carbocycles. The minimum atomic E-state index is -1.62. The molecule has 1 aliphatic rings. The van der Waals surface area contributed by atoms with Gasteiger partial charge in [-0.15, -0.1) is 0 Å². The number of carbonyl (C=O) groups is 5. The molecular weight excluding hydrogens is 398 g/mol. The van der Waals surface area contributed by atoms with E-state index in [0.29, 0.717) is 38.8 Å². The van der Waals surface area contributed by atoms with Crippen LogP contribution in [0.1, 0.15) is 45.4 Å². The molecule has 8 N–H and O–H groups in total. The van der Waals surface area contributed by atoms with Gasteiger partial charge in [-0.05, 0) is 39.2 Å². The van der Waals surface area contributed by atoms with E-state index < -0.39 is 54.3 Å². The molecule has 1 saturated heterocycles. The molecule has 12 nitrogen and oxygen atoms in total. The van der Waals surface area contributed by atoms with Gasteiger partial charge < -0.3 is 37.2 Å². The summed E-state index contributed by atoms with van der Waals surface area (Å²) in [6, 6.07) is -4.25. The summed E-state index contributed by atoms with van der Waals surface area (Å²) >= 11 is 0. The van der Waals surface area contributed by atoms with E-state index in [1.54, 1.807) is 0 Å². The largest absolute Gasteiger partial charge is 0.481 e. The van der Waals surface area contributed by atoms with E-state index in [1.165, 1.54) is 11.8 Å². The first-order chi connectivity index (χ1) is 14.1. The monoisotopic (exact) mass is 429 g/mol. The number of unbranched alkanes of at least 4 members (excludes halogenated alkanes) is 1. The molecule has 0 aromatic rings. The second-order valence-electron chi connectivity index (χ2n) is 7.31. The zero-order chi connectivity index (χ0) is 22.8. The highest BCUT2D eigenvalue weighted by Gasteiger charge is 2.37. The second-order valence-corrected chi connectivity index (χ2v) is 7.31. The number of hydrogen-bond donors (Lipinski definition) is 6. The van der Waals surface area contributed by atoms with Crippen molar-refractivity contribution in [3.63, 3.8) is 0 Å². The van der Waals surface area contributed by atoms with Gasteiger partial charge in [0.2, 0.25) is 17.7 Å². The number of hydrogen-bond acceptors (Lipinski definition) is 7. The molecular formula is C18H31N5O7. The second kappa shape index (κ2) is 12.1. The number of nitrogens with one attached hydrogen (secondary N) is 2. The predicted octanol–water partition coefficient (Wildman–Crippen LogP) is -2.02. The molecule has 12 heteroatoms. The average Bonchev–Trinajstić information content (AvgIpc) is 3.16. The Morgan fingerprint density at radius 3 is 2.37 bits per heavy atom. The van der Waals surface area contributed by atoms with Crippen molar-refractivity contribution < 1.29 is 34.2 Å². The smallest absolute Gasteiger partial charge is 0.326 e. The van der Waals surface area contributed by atoms with Gasteiger partial charge in [0.1, 0.15) is 18.1 Å². The van der Waals surface area contributed by atoms with Gasteiger partial charge in [0.05, 0.1) is 12.5 Å². The number of likely N-dealkylation sites (tertiary alicyclic amines) is 1. The van der Waals surface area contributed by atoms with Crippen LogP contribution in [0.4, 0.5) is 0 Å². The van der Waals surface area contributed by atoms with Gasteiger partial charge in [-0.3, -0.25) is 19.2 Å². The van der Waals surface area contributed by atoms with Crippen molar-refractivity contribution in [2.75, 3.05) is 13.1 Å². The maximum absolute atomic E-state index is 12.6. The first-order valence-corrected chi connectivity index (χ1v) is 9.90. The van der Waals surface area contributed by atoms with Gasteiger partial charge in [0, 0.05) is 6.54 Å². The van der Waals surface area contributed by atoms with E-state index in [0.717, 1.165) is 6.42 Å². The molecule has 0 spiro atoms. The van der Waals surface area contributed by atoms with Crippen LogP contribution in [0.2, 0.25) is 0 Å². The third-order valence-electron chi connectivity index (χ3n) is 4.87. The quantitative estimate of drug-likeness (QED) is 0.189. The van der Waals surface area contributed by atoms with Crippen molar-refractivity contribution in [1.29, 1.82) is 0 Å². The maximum atomic E-state index is 12.6. The fraction of sp³-hybridized carbons (Fsp3) is 0.722. The van der Waals surface area contributed by atoms with Gasteiger partial charge in [0.25, 0.3) is 0 Å². The van der Waals surface area contributed by atoms with Crippen molar-refractivity contribution in [3.05, 3.63) is 0 Å². The molecule has 0 aromatic heterocycles. The lowest BCUT2D eigenvalue weighted by Gasteiger charge is -2.28. The van der Waals surface area contributed by atoms with Crippen LogP contribution >= 0.6 is 0 Å². The van der Waals surface area contributed by atoms with Gasteiger partial charge in [0.15, 0.2) is 0 Å². The fourth-order valence-corrected chi connectivity index (χ4v) is 3.19. The van der Waals surface area contributed by atoms with Crippen LogP contribution in [0, 0.1) is 0 Å². The fourth-order valence-electron chi connectivity index (χ4n) is 3.19. The molecule has 1 heterocycles. The number of nitrogens with zero attached hydrogens (tertiary/aromatic N) is 1. The van der Waals surface area contributed by atoms with E-state index in [4.69, 9.17) is 21.7 Å². The third-order valence-corrected chi connectivity index (χ3v) is 4.87. The number of amides is 3. The standard InChI is InChI=1S/C18H31N5O7/c1-10(15(26)22-12(18(29)30)9-14(24)25)21-16(27)13-6-4-8-23(13)17(28)11(20)5-2-3-7-19/h10-13H,2-9,19-20H2,1H3,(H,21,27)(H,22,26)(H,24,25)(H,29,30)/t10-,11-,12-,13-/m0/s1. The summed E-state index contributed by atoms with van der Waals surface area (Å²) in [6.45, 7) is 2.22. The summed E-state index contributed by atoms with van der Waals surface area (Å²) in [4.78, 5) is 60.5. The number of nitrogens with two attached hydrogens (primary N) is 2. The van der Waals surface area contributed by atoms with Crippen LogP contribution in [0.15, 0.2) is 0 Å². The molecule has 1 aliphatic heterocycles. The molecule has 0 radical (unpaired) electrons. The van der Waals surface area contributed by atoms with Gasteiger partial charge in [-0.1, -0.05) is 6.42 Å². The van der Waals surface area contributed by atoms with E-state index in [9.17, 15) is 24.0 Å². The van der Waals surface area contributed by atoms with Crippen molar-refractivity contribution in [1.82, 2.24) is 15.5 Å². The zero-order valence-corrected chi connectivity index (χ0v) is 17.0. The van der Waals surface area contributed by atoms with Crippen molar-refractivity contribution in [3.8, 4) is 0 Å². The molecule has 1 fully saturated rings. The Bertz CT molecular complexity index is 657. The Hall–Kier alpha value is -2.73. The first kappa shape index (κ1) is 25.3. The van der Waals surface area contributed by atoms with E-state index in [-0.39, 0.29) is 5.91 Å². The Balaban J connectivity index is 2.66. The molecule has 0 unspecified atom stereocenters. The van der Waals surface area contributed by atoms with Crippen LogP contribution in [0.3, 0.4) is 0 Å². The summed E-state index contributed by atoms with van der Waals surface area (Å²) in [5.74, 6) is -4.62. The molecule has 170 valence electrons. The van der Waals surface area contributed by atoms with Crippen LogP contribution in [0.25, 0.3) is 0 Å². The lowest BCUT2D eigenvalue weighted by molar-refractivity contribution is -0.147. The number of rotatable bonds is 12. The van der Waals surface area contributed by atoms with Crippen LogP contribution in [-0.2, 0) is 24.0 Å². The summed E-state index contributed by atoms with van der Waals surface area (Å²) < 4.78 is 0. The zero-order valence-electron chi connectivity index (χ0n) is 17.0. The molecule has 4 atom stereocenters. The Morgan fingerprint density at radius 2 is 1.80 bits per heavy atom. The summed E-state index contributed by atoms with van der Waals surface area (Å²) in [5.41, 5.74) is 11.4. The van der Waals surface area contributed by atoms with E-state index in [1.807, 2.05) is 0 Å². The summed E-state index contributed by atoms with van der Waals surface area (Å²) in [6.07, 6.45) is 2.13. The molecule has 30 heavy (non-hydrogen) atoms. The Kier molecular flexibility index (Phi) is 10.2. The lowest BCUT2D eigenvalue weighted by atomic mass is 10.1. The normalized spacial score (nSPS) is 18.9. The topological polar surface area (TPSA) is 205 Å². The molecule has 3 amide bonds. The van der Waals surface area contributed by atoms with Gasteiger partial charge >= 0.3 is 11.9 Å². The van der Waals surface area contributed by atoms with Gasteiger partial charge in [-0.2, -0.15) is 0 Å². The highest BCUT2D eigenvalue weighted by atomic mass is 16.4. The third kappa shape index (κ3) is 7.59. The van der Waals surface area contributed by atoms with Gasteiger partial charge in [-0.25, -0.2) is 4.79 Å². The minimum Gasteiger partial charge on any atom is -0.481 e. The number of carboxylic acids is 2. The van der Waals surface area contributed by atoms with Crippen molar-refractivity contribution in [2.24, 2.45) is 11.5 Å². The highest BCUT2D eigenvalue weighted by Crippen LogP contribution is 2.19. The van der Waals surface area contributed by atoms with E-state index >= 15 is 0 Å². The lowest BCUT2D eigenvalue weighted by Crippen LogP contribution is -2.56. The predicted molar refractivity (Wildman–Crippen MR) is 105 cm³/mol. The Labute approximate surface area is 174 Å². The highest BCUT2D eigenvalue weighted by molar-refractivity contribution is 5.94. The van der Waals surface area contributed by atoms with Crippen LogP contribution in [0.5, 0.6) is 0 Å². The molecule has 0 aliphatic carbocycles. The molecule has 1 rings (SSSR count). The minimum absolute atomic E-state index is 0.339. The number of carbonyl (C=O) groups excluding carboxylic acids is 3. The first-order valence-electron chi connectivity index (χ1n) is 9.90. The van der Waals surface area contributed by atoms with Crippen LogP contribution < -0.4 is 22.1 Å². The number of aliphatic carboxylic acids is 2. The molecule has 0 aromatic carbocycles. The van der Waals surface area contributed by atoms with Crippen LogP contribution in [-0.4, -0.2) is 82.0 Å². The SMILES string of the molecule is C[C@H](NC(=O)[C@@H]1CCCN1C(=O)[C@@H](N)CCCCN)C(=O)N[C@@H](CC(=O)O)C(=O)O. The maximum Gasteiger partial charge on any atom is 0.326 e. The average molecular weight is 429 g/mol. The molecule has 0 bridgehead atoms. The Morgan fingerprint density at radius 1 is 1.13 bits per heavy atom. The van der Waals surface area contributed by atoms with Crippen molar-refractivity contribution in [2.45, 2.75) is 69.6 Å². The van der Waals surface area contributed by atoms with Crippen molar-refractivity contribution >= 4 is 29.7 Å². The van der Waals surface area contributed by atoms with E-state index in [2.05, 4.69) is 10.6 Å². The summed E-state index contributed by atoms with van der Waals surface area (Å²) in [5, 5.41) is 22.3. The number of carboxylic acid groups (broad SMARTS) is 2. The summed E-state index contributed by atoms with van der Waals surface area (Å²) in [7, 11) is 0.